The Hall–Kier alpha value is -2.99. The second-order valence-electron chi connectivity index (χ2n) is 4.91. The van der Waals surface area contributed by atoms with E-state index in [1.54, 1.807) is 24.3 Å². The van der Waals surface area contributed by atoms with Crippen molar-refractivity contribution in [3.63, 3.8) is 0 Å². The Labute approximate surface area is 141 Å². The monoisotopic (exact) mass is 343 g/mol. The van der Waals surface area contributed by atoms with Crippen molar-refractivity contribution in [2.45, 2.75) is 0 Å². The number of benzene rings is 2. The lowest BCUT2D eigenvalue weighted by Crippen LogP contribution is -2.25. The minimum atomic E-state index is -0.678. The first-order valence-corrected chi connectivity index (χ1v) is 7.33. The van der Waals surface area contributed by atoms with Crippen LogP contribution in [0, 0.1) is 5.82 Å². The molecule has 0 aliphatic heterocycles. The van der Waals surface area contributed by atoms with Crippen molar-refractivity contribution in [3.05, 3.63) is 87.6 Å². The molecule has 3 rings (SSSR count). The molecular formula is C17H11ClFN3O2. The number of amides is 1. The lowest BCUT2D eigenvalue weighted by Gasteiger charge is -2.08. The number of nitrogens with one attached hydrogen (secondary N) is 1. The highest BCUT2D eigenvalue weighted by Crippen LogP contribution is 2.14. The summed E-state index contributed by atoms with van der Waals surface area (Å²) in [6.45, 7) is 0. The third-order valence-corrected chi connectivity index (χ3v) is 3.43. The first-order valence-electron chi connectivity index (χ1n) is 6.96. The average molecular weight is 344 g/mol. The molecule has 1 N–H and O–H groups in total. The molecule has 0 bridgehead atoms. The van der Waals surface area contributed by atoms with Crippen LogP contribution in [0.2, 0.25) is 5.02 Å². The van der Waals surface area contributed by atoms with Gasteiger partial charge in [-0.25, -0.2) is 9.07 Å². The Kier molecular flexibility index (Phi) is 4.39. The molecular weight excluding hydrogens is 333 g/mol. The molecule has 1 aromatic heterocycles. The standard InChI is InChI=1S/C17H11ClFN3O2/c18-11-2-1-3-14(10-11)22-9-8-15(23)16(21-22)17(24)20-13-6-4-12(19)5-7-13/h1-10H,(H,20,24). The largest absolute Gasteiger partial charge is 0.320 e. The van der Waals surface area contributed by atoms with Gasteiger partial charge < -0.3 is 5.32 Å². The van der Waals surface area contributed by atoms with Crippen LogP contribution < -0.4 is 10.7 Å². The zero-order chi connectivity index (χ0) is 17.1. The van der Waals surface area contributed by atoms with Crippen LogP contribution in [-0.4, -0.2) is 15.7 Å². The van der Waals surface area contributed by atoms with Gasteiger partial charge in [-0.2, -0.15) is 5.10 Å². The summed E-state index contributed by atoms with van der Waals surface area (Å²) in [5, 5.41) is 7.07. The number of hydrogen-bond donors (Lipinski definition) is 1. The molecule has 24 heavy (non-hydrogen) atoms. The van der Waals surface area contributed by atoms with Crippen LogP contribution in [0.1, 0.15) is 10.5 Å². The van der Waals surface area contributed by atoms with Crippen LogP contribution in [0.25, 0.3) is 5.69 Å². The number of aromatic nitrogens is 2. The normalized spacial score (nSPS) is 10.4. The summed E-state index contributed by atoms with van der Waals surface area (Å²) in [5.41, 5.74) is 0.175. The molecule has 5 nitrogen and oxygen atoms in total. The maximum absolute atomic E-state index is 12.9. The fraction of sp³-hybridized carbons (Fsp3) is 0. The van der Waals surface area contributed by atoms with Gasteiger partial charge in [0, 0.05) is 23.0 Å². The molecule has 0 aliphatic carbocycles. The summed E-state index contributed by atoms with van der Waals surface area (Å²) in [7, 11) is 0. The van der Waals surface area contributed by atoms with E-state index in [2.05, 4.69) is 10.4 Å². The van der Waals surface area contributed by atoms with Crippen molar-refractivity contribution in [2.24, 2.45) is 0 Å². The van der Waals surface area contributed by atoms with Gasteiger partial charge in [0.05, 0.1) is 5.69 Å². The first-order chi connectivity index (χ1) is 11.5. The Balaban J connectivity index is 1.92. The third kappa shape index (κ3) is 3.49. The molecule has 0 atom stereocenters. The van der Waals surface area contributed by atoms with Crippen LogP contribution >= 0.6 is 11.6 Å². The number of halogens is 2. The molecule has 120 valence electrons. The van der Waals surface area contributed by atoms with Crippen LogP contribution in [0.5, 0.6) is 0 Å². The fourth-order valence-electron chi connectivity index (χ4n) is 2.05. The summed E-state index contributed by atoms with van der Waals surface area (Å²) in [4.78, 5) is 24.2. The van der Waals surface area contributed by atoms with Crippen molar-refractivity contribution in [1.82, 2.24) is 9.78 Å². The second kappa shape index (κ2) is 6.64. The van der Waals surface area contributed by atoms with E-state index >= 15 is 0 Å². The van der Waals surface area contributed by atoms with Gasteiger partial charge >= 0.3 is 0 Å². The van der Waals surface area contributed by atoms with E-state index in [4.69, 9.17) is 11.6 Å². The van der Waals surface area contributed by atoms with Crippen LogP contribution in [0.3, 0.4) is 0 Å². The summed E-state index contributed by atoms with van der Waals surface area (Å²) in [6.07, 6.45) is 1.45. The molecule has 0 spiro atoms. The van der Waals surface area contributed by atoms with E-state index < -0.39 is 17.2 Å². The summed E-state index contributed by atoms with van der Waals surface area (Å²) < 4.78 is 14.3. The van der Waals surface area contributed by atoms with Gasteiger partial charge in [-0.3, -0.25) is 9.59 Å². The molecule has 1 heterocycles. The van der Waals surface area contributed by atoms with Gasteiger partial charge in [-0.1, -0.05) is 17.7 Å². The van der Waals surface area contributed by atoms with Gasteiger partial charge in [0.2, 0.25) is 5.43 Å². The summed E-state index contributed by atoms with van der Waals surface area (Å²) in [5.74, 6) is -1.10. The number of carbonyl (C=O) groups is 1. The smallest absolute Gasteiger partial charge is 0.280 e. The van der Waals surface area contributed by atoms with Gasteiger partial charge in [0.15, 0.2) is 5.69 Å². The Morgan fingerprint density at radius 1 is 1.12 bits per heavy atom. The molecule has 0 unspecified atom stereocenters. The topological polar surface area (TPSA) is 64.0 Å². The van der Waals surface area contributed by atoms with Crippen molar-refractivity contribution < 1.29 is 9.18 Å². The third-order valence-electron chi connectivity index (χ3n) is 3.20. The predicted octanol–water partition coefficient (Wildman–Crippen LogP) is 3.28. The van der Waals surface area contributed by atoms with Crippen molar-refractivity contribution >= 4 is 23.2 Å². The van der Waals surface area contributed by atoms with E-state index in [0.29, 0.717) is 16.4 Å². The van der Waals surface area contributed by atoms with Gasteiger partial charge in [0.25, 0.3) is 5.91 Å². The van der Waals surface area contributed by atoms with Crippen molar-refractivity contribution in [1.29, 1.82) is 0 Å². The molecule has 1 amide bonds. The lowest BCUT2D eigenvalue weighted by atomic mass is 10.3. The van der Waals surface area contributed by atoms with Gasteiger partial charge in [-0.15, -0.1) is 0 Å². The van der Waals surface area contributed by atoms with E-state index in [-0.39, 0.29) is 5.69 Å². The Morgan fingerprint density at radius 3 is 2.58 bits per heavy atom. The van der Waals surface area contributed by atoms with E-state index in [9.17, 15) is 14.0 Å². The molecule has 7 heteroatoms. The van der Waals surface area contributed by atoms with Gasteiger partial charge in [0.1, 0.15) is 5.82 Å². The molecule has 0 aliphatic rings. The number of carbonyl (C=O) groups excluding carboxylic acids is 1. The Bertz CT molecular complexity index is 955. The highest BCUT2D eigenvalue weighted by molar-refractivity contribution is 6.30. The minimum Gasteiger partial charge on any atom is -0.320 e. The van der Waals surface area contributed by atoms with Crippen LogP contribution in [-0.2, 0) is 0 Å². The maximum atomic E-state index is 12.9. The number of nitrogens with zero attached hydrogens (tertiary/aromatic N) is 2. The highest BCUT2D eigenvalue weighted by atomic mass is 35.5. The maximum Gasteiger partial charge on any atom is 0.280 e. The number of hydrogen-bond acceptors (Lipinski definition) is 3. The summed E-state index contributed by atoms with van der Waals surface area (Å²) in [6, 6.07) is 13.3. The average Bonchev–Trinajstić information content (AvgIpc) is 2.57. The number of anilines is 1. The Morgan fingerprint density at radius 2 is 1.88 bits per heavy atom. The number of rotatable bonds is 3. The van der Waals surface area contributed by atoms with Gasteiger partial charge in [-0.05, 0) is 42.5 Å². The highest BCUT2D eigenvalue weighted by Gasteiger charge is 2.14. The molecule has 0 fully saturated rings. The molecule has 0 radical (unpaired) electrons. The quantitative estimate of drug-likeness (QED) is 0.793. The van der Waals surface area contributed by atoms with Crippen LogP contribution in [0.15, 0.2) is 65.6 Å². The zero-order valence-corrected chi connectivity index (χ0v) is 13.0. The predicted molar refractivity (Wildman–Crippen MR) is 89.2 cm³/mol. The molecule has 2 aromatic carbocycles. The lowest BCUT2D eigenvalue weighted by molar-refractivity contribution is 0.101. The van der Waals surface area contributed by atoms with E-state index in [0.717, 1.165) is 0 Å². The van der Waals surface area contributed by atoms with E-state index in [1.807, 2.05) is 0 Å². The molecule has 3 aromatic rings. The van der Waals surface area contributed by atoms with Crippen molar-refractivity contribution in [2.75, 3.05) is 5.32 Å². The zero-order valence-electron chi connectivity index (χ0n) is 12.2. The summed E-state index contributed by atoms with van der Waals surface area (Å²) >= 11 is 5.94. The SMILES string of the molecule is O=C(Nc1ccc(F)cc1)c1nn(-c2cccc(Cl)c2)ccc1=O. The molecule has 0 saturated heterocycles. The minimum absolute atomic E-state index is 0.276. The fourth-order valence-corrected chi connectivity index (χ4v) is 2.24. The second-order valence-corrected chi connectivity index (χ2v) is 5.35. The van der Waals surface area contributed by atoms with Crippen molar-refractivity contribution in [3.8, 4) is 5.69 Å². The van der Waals surface area contributed by atoms with E-state index in [1.165, 1.54) is 41.2 Å². The first kappa shape index (κ1) is 15.9. The van der Waals surface area contributed by atoms with Crippen LogP contribution in [0.4, 0.5) is 10.1 Å². The molecule has 0 saturated carbocycles.